The van der Waals surface area contributed by atoms with Gasteiger partial charge < -0.3 is 19.6 Å². The molecule has 0 radical (unpaired) electrons. The SMILES string of the molecule is CCOC(=O)c1cn2c(cc1=O)-c1c(cc(OCc3ccccc3)c3c1CCO3)CN2. The number of carbonyl (C=O) groups is 1. The minimum Gasteiger partial charge on any atom is -0.489 e. The van der Waals surface area contributed by atoms with Crippen molar-refractivity contribution < 1.29 is 19.0 Å². The molecule has 0 spiro atoms. The number of nitrogens with one attached hydrogen (secondary N) is 1. The van der Waals surface area contributed by atoms with Crippen molar-refractivity contribution in [2.24, 2.45) is 0 Å². The lowest BCUT2D eigenvalue weighted by Crippen LogP contribution is -2.28. The average molecular weight is 418 g/mol. The second kappa shape index (κ2) is 7.83. The minimum absolute atomic E-state index is 0.0114. The molecule has 5 rings (SSSR count). The van der Waals surface area contributed by atoms with Gasteiger partial charge in [0.05, 0.1) is 25.5 Å². The summed E-state index contributed by atoms with van der Waals surface area (Å²) in [5, 5.41) is 0. The van der Waals surface area contributed by atoms with E-state index in [0.717, 1.165) is 34.4 Å². The van der Waals surface area contributed by atoms with Crippen molar-refractivity contribution in [2.75, 3.05) is 18.6 Å². The molecule has 0 aliphatic carbocycles. The normalized spacial score (nSPS) is 13.3. The van der Waals surface area contributed by atoms with Crippen LogP contribution in [-0.2, 0) is 24.3 Å². The Morgan fingerprint density at radius 1 is 1.23 bits per heavy atom. The molecular formula is C24H22N2O5. The van der Waals surface area contributed by atoms with Crippen molar-refractivity contribution in [3.8, 4) is 22.8 Å². The summed E-state index contributed by atoms with van der Waals surface area (Å²) in [5.74, 6) is 0.814. The Hall–Kier alpha value is -3.74. The van der Waals surface area contributed by atoms with E-state index in [9.17, 15) is 9.59 Å². The molecule has 158 valence electrons. The molecule has 2 aliphatic heterocycles. The molecule has 0 atom stereocenters. The van der Waals surface area contributed by atoms with E-state index in [4.69, 9.17) is 14.2 Å². The van der Waals surface area contributed by atoms with Gasteiger partial charge in [0.25, 0.3) is 0 Å². The van der Waals surface area contributed by atoms with Crippen LogP contribution in [0.1, 0.15) is 34.0 Å². The van der Waals surface area contributed by atoms with Crippen LogP contribution in [-0.4, -0.2) is 23.9 Å². The monoisotopic (exact) mass is 418 g/mol. The largest absolute Gasteiger partial charge is 0.489 e. The van der Waals surface area contributed by atoms with Gasteiger partial charge in [0.2, 0.25) is 0 Å². The van der Waals surface area contributed by atoms with Crippen LogP contribution in [0.4, 0.5) is 0 Å². The zero-order valence-electron chi connectivity index (χ0n) is 17.1. The highest BCUT2D eigenvalue weighted by Gasteiger charge is 2.29. The third kappa shape index (κ3) is 3.42. The first-order valence-corrected chi connectivity index (χ1v) is 10.3. The van der Waals surface area contributed by atoms with Gasteiger partial charge in [-0.3, -0.25) is 9.47 Å². The van der Waals surface area contributed by atoms with Gasteiger partial charge in [-0.1, -0.05) is 30.3 Å². The van der Waals surface area contributed by atoms with Gasteiger partial charge in [0.1, 0.15) is 12.2 Å². The summed E-state index contributed by atoms with van der Waals surface area (Å²) in [4.78, 5) is 24.8. The van der Waals surface area contributed by atoms with E-state index in [1.165, 1.54) is 12.3 Å². The Labute approximate surface area is 179 Å². The van der Waals surface area contributed by atoms with E-state index in [1.54, 1.807) is 11.6 Å². The quantitative estimate of drug-likeness (QED) is 0.641. The number of ether oxygens (including phenoxy) is 3. The number of aromatic nitrogens is 1. The third-order valence-corrected chi connectivity index (χ3v) is 5.50. The number of nitrogens with zero attached hydrogens (tertiary/aromatic N) is 1. The zero-order valence-corrected chi connectivity index (χ0v) is 17.1. The highest BCUT2D eigenvalue weighted by atomic mass is 16.5. The molecular weight excluding hydrogens is 396 g/mol. The number of esters is 1. The van der Waals surface area contributed by atoms with Crippen molar-refractivity contribution in [3.63, 3.8) is 0 Å². The van der Waals surface area contributed by atoms with Crippen LogP contribution in [0.5, 0.6) is 11.5 Å². The van der Waals surface area contributed by atoms with E-state index in [2.05, 4.69) is 5.43 Å². The first kappa shape index (κ1) is 19.2. The minimum atomic E-state index is -0.617. The number of benzene rings is 2. The van der Waals surface area contributed by atoms with Gasteiger partial charge >= 0.3 is 5.97 Å². The Balaban J connectivity index is 1.55. The number of rotatable bonds is 5. The molecule has 1 aromatic heterocycles. The molecule has 0 amide bonds. The van der Waals surface area contributed by atoms with Crippen LogP contribution < -0.4 is 20.3 Å². The molecule has 0 unspecified atom stereocenters. The number of carbonyl (C=O) groups excluding carboxylic acids is 1. The molecule has 3 aromatic rings. The summed E-state index contributed by atoms with van der Waals surface area (Å²) in [6.45, 7) is 3.46. The molecule has 1 N–H and O–H groups in total. The molecule has 0 saturated carbocycles. The topological polar surface area (TPSA) is 78.8 Å². The maximum Gasteiger partial charge on any atom is 0.343 e. The molecule has 2 aromatic carbocycles. The average Bonchev–Trinajstić information content (AvgIpc) is 3.27. The highest BCUT2D eigenvalue weighted by Crippen LogP contribution is 2.45. The van der Waals surface area contributed by atoms with Gasteiger partial charge in [-0.15, -0.1) is 0 Å². The molecule has 0 saturated heterocycles. The van der Waals surface area contributed by atoms with E-state index in [-0.39, 0.29) is 17.6 Å². The molecule has 3 heterocycles. The second-order valence-corrected chi connectivity index (χ2v) is 7.45. The predicted molar refractivity (Wildman–Crippen MR) is 115 cm³/mol. The molecule has 7 nitrogen and oxygen atoms in total. The van der Waals surface area contributed by atoms with Crippen molar-refractivity contribution in [3.05, 3.63) is 81.1 Å². The lowest BCUT2D eigenvalue weighted by atomic mass is 9.93. The summed E-state index contributed by atoms with van der Waals surface area (Å²) in [6, 6.07) is 13.4. The lowest BCUT2D eigenvalue weighted by molar-refractivity contribution is 0.0524. The Morgan fingerprint density at radius 2 is 2.06 bits per heavy atom. The predicted octanol–water partition coefficient (Wildman–Crippen LogP) is 3.26. The van der Waals surface area contributed by atoms with Gasteiger partial charge in [0, 0.05) is 29.8 Å². The smallest absolute Gasteiger partial charge is 0.343 e. The maximum atomic E-state index is 12.6. The fourth-order valence-electron chi connectivity index (χ4n) is 4.09. The van der Waals surface area contributed by atoms with Crippen LogP contribution in [0.25, 0.3) is 11.3 Å². The summed E-state index contributed by atoms with van der Waals surface area (Å²) < 4.78 is 18.8. The maximum absolute atomic E-state index is 12.6. The molecule has 7 heteroatoms. The molecule has 2 aliphatic rings. The Bertz CT molecular complexity index is 1220. The summed E-state index contributed by atoms with van der Waals surface area (Å²) in [6.07, 6.45) is 2.24. The van der Waals surface area contributed by atoms with Gasteiger partial charge in [-0.25, -0.2) is 4.79 Å². The first-order chi connectivity index (χ1) is 15.2. The summed E-state index contributed by atoms with van der Waals surface area (Å²) >= 11 is 0. The van der Waals surface area contributed by atoms with Crippen LogP contribution in [0.2, 0.25) is 0 Å². The molecule has 31 heavy (non-hydrogen) atoms. The molecule has 0 bridgehead atoms. The number of pyridine rings is 1. The van der Waals surface area contributed by atoms with Crippen LogP contribution in [0, 0.1) is 0 Å². The van der Waals surface area contributed by atoms with E-state index < -0.39 is 5.97 Å². The van der Waals surface area contributed by atoms with Crippen LogP contribution in [0.15, 0.2) is 53.5 Å². The number of hydrogen-bond donors (Lipinski definition) is 1. The third-order valence-electron chi connectivity index (χ3n) is 5.50. The second-order valence-electron chi connectivity index (χ2n) is 7.45. The van der Waals surface area contributed by atoms with Crippen LogP contribution >= 0.6 is 0 Å². The van der Waals surface area contributed by atoms with Gasteiger partial charge in [0.15, 0.2) is 16.9 Å². The highest BCUT2D eigenvalue weighted by molar-refractivity contribution is 5.90. The standard InChI is InChI=1S/C24H22N2O5/c1-2-29-24(28)18-13-26-19(11-20(18)27)22-16(12-25-26)10-21(23-17(22)8-9-30-23)31-14-15-6-4-3-5-7-15/h3-7,10-11,13,25H,2,8-9,12,14H2,1H3. The van der Waals surface area contributed by atoms with E-state index in [0.29, 0.717) is 31.2 Å². The van der Waals surface area contributed by atoms with Crippen molar-refractivity contribution in [2.45, 2.75) is 26.5 Å². The molecule has 0 fully saturated rings. The fourth-order valence-corrected chi connectivity index (χ4v) is 4.09. The first-order valence-electron chi connectivity index (χ1n) is 10.3. The van der Waals surface area contributed by atoms with E-state index >= 15 is 0 Å². The van der Waals surface area contributed by atoms with Gasteiger partial charge in [-0.05, 0) is 24.1 Å². The van der Waals surface area contributed by atoms with Gasteiger partial charge in [-0.2, -0.15) is 0 Å². The number of fused-ring (bicyclic) bond motifs is 5. The van der Waals surface area contributed by atoms with Crippen molar-refractivity contribution in [1.29, 1.82) is 0 Å². The summed E-state index contributed by atoms with van der Waals surface area (Å²) in [7, 11) is 0. The number of hydrogen-bond acceptors (Lipinski definition) is 6. The van der Waals surface area contributed by atoms with Crippen LogP contribution in [0.3, 0.4) is 0 Å². The lowest BCUT2D eigenvalue weighted by Gasteiger charge is -2.27. The Kier molecular flexibility index (Phi) is 4.86. The fraction of sp³-hybridized carbons (Fsp3) is 0.250. The van der Waals surface area contributed by atoms with Crippen molar-refractivity contribution in [1.82, 2.24) is 4.68 Å². The van der Waals surface area contributed by atoms with E-state index in [1.807, 2.05) is 36.4 Å². The summed E-state index contributed by atoms with van der Waals surface area (Å²) in [5.41, 5.74) is 7.69. The van der Waals surface area contributed by atoms with Crippen molar-refractivity contribution >= 4 is 5.97 Å². The Morgan fingerprint density at radius 3 is 2.87 bits per heavy atom. The zero-order chi connectivity index (χ0) is 21.4.